The summed E-state index contributed by atoms with van der Waals surface area (Å²) in [7, 11) is 0. The van der Waals surface area contributed by atoms with E-state index in [1.165, 1.54) is 103 Å². The van der Waals surface area contributed by atoms with Gasteiger partial charge in [0.2, 0.25) is 0 Å². The molecule has 0 saturated heterocycles. The van der Waals surface area contributed by atoms with Crippen LogP contribution in [-0.4, -0.2) is 60.5 Å². The Kier molecular flexibility index (Phi) is 38.5. The minimum atomic E-state index is -0.588. The molecule has 0 aromatic carbocycles. The standard InChI is InChI=1S/C38H78NO4.Mo/c1-6-11-15-21-29-35(27-13-8-3)37(40)42-33-25-19-17-23-31-39(10-5)32-24-18-20-26-34-43-38(41)36(28-14-9-4)30-22-16-12-7-2;/h35-38,40-41H,5-34H2,1-4H3;/q-1;/t35?,36?,37-,38?;/m0./s1. The van der Waals surface area contributed by atoms with Gasteiger partial charge in [-0.2, -0.15) is 0 Å². The number of nitrogens with zero attached hydrogens (tertiary/aromatic N) is 1. The third-order valence-corrected chi connectivity index (χ3v) is 9.15. The van der Waals surface area contributed by atoms with Gasteiger partial charge in [-0.25, -0.2) is 0 Å². The zero-order chi connectivity index (χ0) is 31.8. The number of aliphatic hydroxyl groups excluding tert-OH is 2. The van der Waals surface area contributed by atoms with E-state index in [2.05, 4.69) is 39.5 Å². The molecular weight excluding hydrogens is 630 g/mol. The van der Waals surface area contributed by atoms with Gasteiger partial charge >= 0.3 is 0 Å². The van der Waals surface area contributed by atoms with Crippen molar-refractivity contribution in [2.75, 3.05) is 32.8 Å². The average molecular weight is 709 g/mol. The van der Waals surface area contributed by atoms with Crippen molar-refractivity contribution >= 4 is 0 Å². The summed E-state index contributed by atoms with van der Waals surface area (Å²) in [6.07, 6.45) is 27.2. The van der Waals surface area contributed by atoms with Crippen LogP contribution < -0.4 is 0 Å². The van der Waals surface area contributed by atoms with Crippen molar-refractivity contribution in [1.82, 2.24) is 4.90 Å². The van der Waals surface area contributed by atoms with E-state index >= 15 is 0 Å². The van der Waals surface area contributed by atoms with Crippen molar-refractivity contribution < 1.29 is 40.8 Å². The summed E-state index contributed by atoms with van der Waals surface area (Å²) in [5.74, 6) is 0.601. The van der Waals surface area contributed by atoms with Gasteiger partial charge in [-0.15, -0.1) is 6.54 Å². The van der Waals surface area contributed by atoms with E-state index in [1.54, 1.807) is 0 Å². The van der Waals surface area contributed by atoms with Crippen LogP contribution in [0.15, 0.2) is 0 Å². The summed E-state index contributed by atoms with van der Waals surface area (Å²) >= 11 is 0. The smallest absolute Gasteiger partial charge is 0.157 e. The van der Waals surface area contributed by atoms with Crippen LogP contribution in [0.25, 0.3) is 0 Å². The Morgan fingerprint density at radius 2 is 0.818 bits per heavy atom. The Morgan fingerprint density at radius 1 is 0.477 bits per heavy atom. The predicted octanol–water partition coefficient (Wildman–Crippen LogP) is 10.5. The average Bonchev–Trinajstić information content (AvgIpc) is 3.01. The third-order valence-electron chi connectivity index (χ3n) is 9.15. The van der Waals surface area contributed by atoms with E-state index in [9.17, 15) is 10.2 Å². The first-order chi connectivity index (χ1) is 21.0. The molecule has 0 fully saturated rings. The number of ether oxygens (including phenoxy) is 2. The van der Waals surface area contributed by atoms with Gasteiger partial charge < -0.3 is 31.5 Å². The van der Waals surface area contributed by atoms with Gasteiger partial charge in [0.15, 0.2) is 12.6 Å². The normalized spacial score (nSPS) is 14.5. The summed E-state index contributed by atoms with van der Waals surface area (Å²) in [4.78, 5) is 2.48. The fourth-order valence-electron chi connectivity index (χ4n) is 6.06. The minimum Gasteiger partial charge on any atom is -0.368 e. The summed E-state index contributed by atoms with van der Waals surface area (Å²) in [5, 5.41) is 21.2. The second-order valence-electron chi connectivity index (χ2n) is 13.2. The van der Waals surface area contributed by atoms with Crippen LogP contribution in [0.1, 0.15) is 182 Å². The summed E-state index contributed by atoms with van der Waals surface area (Å²) in [6.45, 7) is 17.6. The maximum atomic E-state index is 10.6. The molecule has 266 valence electrons. The Bertz CT molecular complexity index is 497. The van der Waals surface area contributed by atoms with Crippen molar-refractivity contribution in [2.24, 2.45) is 11.8 Å². The van der Waals surface area contributed by atoms with E-state index in [1.807, 2.05) is 0 Å². The SMILES string of the molecule is [CH2-]CN(CCCCCCOC(O)C(CCCC)CCCCCC)CCCCCCO[C@H](O)C(CCCC)CCCCCC.[Mo]. The van der Waals surface area contributed by atoms with E-state index in [-0.39, 0.29) is 21.1 Å². The first-order valence-corrected chi connectivity index (χ1v) is 19.1. The molecule has 0 rings (SSSR count). The van der Waals surface area contributed by atoms with Crippen molar-refractivity contribution in [3.63, 3.8) is 0 Å². The van der Waals surface area contributed by atoms with Crippen LogP contribution in [0.2, 0.25) is 0 Å². The van der Waals surface area contributed by atoms with Crippen molar-refractivity contribution in [3.05, 3.63) is 6.92 Å². The zero-order valence-corrected chi connectivity index (χ0v) is 32.1. The minimum absolute atomic E-state index is 0. The Labute approximate surface area is 290 Å². The summed E-state index contributed by atoms with van der Waals surface area (Å²) in [5.41, 5.74) is 0. The molecule has 6 heteroatoms. The zero-order valence-electron chi connectivity index (χ0n) is 30.1. The van der Waals surface area contributed by atoms with Gasteiger partial charge in [0.1, 0.15) is 0 Å². The number of aliphatic hydroxyl groups is 2. The van der Waals surface area contributed by atoms with Crippen molar-refractivity contribution in [3.8, 4) is 0 Å². The molecule has 44 heavy (non-hydrogen) atoms. The number of unbranched alkanes of at least 4 members (excludes halogenated alkanes) is 14. The molecule has 3 unspecified atom stereocenters. The maximum absolute atomic E-state index is 10.6. The molecule has 0 aliphatic carbocycles. The molecule has 4 atom stereocenters. The van der Waals surface area contributed by atoms with Gasteiger partial charge in [0, 0.05) is 46.1 Å². The Balaban J connectivity index is 0. The van der Waals surface area contributed by atoms with E-state index in [0.717, 1.165) is 71.0 Å². The van der Waals surface area contributed by atoms with Crippen molar-refractivity contribution in [1.29, 1.82) is 0 Å². The van der Waals surface area contributed by atoms with Crippen molar-refractivity contribution in [2.45, 2.75) is 194 Å². The number of hydrogen-bond donors (Lipinski definition) is 2. The van der Waals surface area contributed by atoms with Gasteiger partial charge in [0.05, 0.1) is 0 Å². The predicted molar refractivity (Wildman–Crippen MR) is 186 cm³/mol. The van der Waals surface area contributed by atoms with Crippen LogP contribution in [-0.2, 0) is 30.5 Å². The molecule has 0 radical (unpaired) electrons. The molecular formula is C38H78MoNO4-. The topological polar surface area (TPSA) is 62.2 Å². The third kappa shape index (κ3) is 28.7. The fourth-order valence-corrected chi connectivity index (χ4v) is 6.06. The van der Waals surface area contributed by atoms with E-state index in [4.69, 9.17) is 9.47 Å². The largest absolute Gasteiger partial charge is 0.368 e. The second kappa shape index (κ2) is 36.3. The van der Waals surface area contributed by atoms with Gasteiger partial charge in [-0.05, 0) is 64.5 Å². The van der Waals surface area contributed by atoms with Gasteiger partial charge in [-0.3, -0.25) is 0 Å². The van der Waals surface area contributed by atoms with E-state index in [0.29, 0.717) is 25.0 Å². The van der Waals surface area contributed by atoms with Crippen LogP contribution >= 0.6 is 0 Å². The van der Waals surface area contributed by atoms with Crippen LogP contribution in [0.5, 0.6) is 0 Å². The molecule has 2 N–H and O–H groups in total. The Morgan fingerprint density at radius 3 is 1.18 bits per heavy atom. The fraction of sp³-hybridized carbons (Fsp3) is 0.974. The molecule has 0 heterocycles. The monoisotopic (exact) mass is 710 g/mol. The van der Waals surface area contributed by atoms with Crippen LogP contribution in [0, 0.1) is 18.8 Å². The number of hydrogen-bond acceptors (Lipinski definition) is 5. The quantitative estimate of drug-likeness (QED) is 0.0297. The van der Waals surface area contributed by atoms with E-state index < -0.39 is 12.6 Å². The van der Waals surface area contributed by atoms with Crippen LogP contribution in [0.3, 0.4) is 0 Å². The molecule has 0 spiro atoms. The maximum Gasteiger partial charge on any atom is 0.157 e. The van der Waals surface area contributed by atoms with Gasteiger partial charge in [-0.1, -0.05) is 130 Å². The number of rotatable bonds is 35. The molecule has 0 aliphatic heterocycles. The molecule has 0 aromatic heterocycles. The van der Waals surface area contributed by atoms with Gasteiger partial charge in [0.25, 0.3) is 0 Å². The molecule has 0 bridgehead atoms. The molecule has 0 aromatic rings. The summed E-state index contributed by atoms with van der Waals surface area (Å²) in [6, 6.07) is 0. The first-order valence-electron chi connectivity index (χ1n) is 19.1. The molecule has 5 nitrogen and oxygen atoms in total. The van der Waals surface area contributed by atoms with Crippen LogP contribution in [0.4, 0.5) is 0 Å². The molecule has 0 saturated carbocycles. The molecule has 0 aliphatic rings. The Hall–Kier alpha value is 0.488. The molecule has 0 amide bonds. The first kappa shape index (κ1) is 46.6. The second-order valence-corrected chi connectivity index (χ2v) is 13.2. The summed E-state index contributed by atoms with van der Waals surface area (Å²) < 4.78 is 11.8.